The molecule has 3 rings (SSSR count). The van der Waals surface area contributed by atoms with E-state index in [0.717, 1.165) is 11.3 Å². The Hall–Kier alpha value is -2.24. The molecule has 0 aliphatic carbocycles. The maximum absolute atomic E-state index is 12.3. The highest BCUT2D eigenvalue weighted by Crippen LogP contribution is 2.27. The first-order chi connectivity index (χ1) is 9.06. The van der Waals surface area contributed by atoms with Crippen molar-refractivity contribution in [2.45, 2.75) is 32.4 Å². The van der Waals surface area contributed by atoms with Gasteiger partial charge in [0.25, 0.3) is 5.91 Å². The second kappa shape index (κ2) is 4.15. The number of imide groups is 1. The Kier molecular flexibility index (Phi) is 2.58. The van der Waals surface area contributed by atoms with Crippen LogP contribution in [0.15, 0.2) is 12.3 Å². The zero-order valence-corrected chi connectivity index (χ0v) is 10.5. The van der Waals surface area contributed by atoms with Gasteiger partial charge in [0, 0.05) is 24.9 Å². The number of carbonyl (C=O) groups is 3. The van der Waals surface area contributed by atoms with Crippen molar-refractivity contribution in [2.24, 2.45) is 0 Å². The minimum atomic E-state index is -0.557. The van der Waals surface area contributed by atoms with Crippen LogP contribution in [0.4, 0.5) is 0 Å². The average molecular weight is 259 g/mol. The van der Waals surface area contributed by atoms with E-state index in [0.29, 0.717) is 18.5 Å². The van der Waals surface area contributed by atoms with Crippen LogP contribution >= 0.6 is 0 Å². The van der Waals surface area contributed by atoms with E-state index >= 15 is 0 Å². The first-order valence-electron chi connectivity index (χ1n) is 6.16. The van der Waals surface area contributed by atoms with E-state index in [4.69, 9.17) is 0 Å². The molecule has 0 bridgehead atoms. The summed E-state index contributed by atoms with van der Waals surface area (Å²) in [6.45, 7) is 2.27. The number of nitrogens with zero attached hydrogens (tertiary/aromatic N) is 2. The lowest BCUT2D eigenvalue weighted by Gasteiger charge is -2.29. The van der Waals surface area contributed by atoms with Crippen LogP contribution in [0.3, 0.4) is 0 Å². The second-order valence-corrected chi connectivity index (χ2v) is 4.88. The van der Waals surface area contributed by atoms with Crippen molar-refractivity contribution in [3.05, 3.63) is 29.1 Å². The fourth-order valence-corrected chi connectivity index (χ4v) is 2.58. The minimum absolute atomic E-state index is 0.183. The monoisotopic (exact) mass is 259 g/mol. The van der Waals surface area contributed by atoms with Crippen LogP contribution in [0.1, 0.15) is 34.5 Å². The van der Waals surface area contributed by atoms with Gasteiger partial charge in [-0.15, -0.1) is 0 Å². The molecule has 1 unspecified atom stereocenters. The topological polar surface area (TPSA) is 79.4 Å². The fraction of sp³-hybridized carbons (Fsp3) is 0.385. The molecular formula is C13H13N3O3. The molecule has 0 radical (unpaired) electrons. The van der Waals surface area contributed by atoms with E-state index in [9.17, 15) is 14.4 Å². The highest BCUT2D eigenvalue weighted by atomic mass is 16.2. The number of amides is 3. The summed E-state index contributed by atoms with van der Waals surface area (Å²) in [6.07, 6.45) is 2.21. The molecule has 1 saturated heterocycles. The van der Waals surface area contributed by atoms with E-state index in [1.54, 1.807) is 6.20 Å². The van der Waals surface area contributed by atoms with Crippen LogP contribution in [-0.2, 0) is 16.1 Å². The molecule has 1 fully saturated rings. The zero-order valence-electron chi connectivity index (χ0n) is 10.5. The maximum Gasteiger partial charge on any atom is 0.256 e. The Bertz CT molecular complexity index is 597. The molecule has 98 valence electrons. The van der Waals surface area contributed by atoms with Gasteiger partial charge in [0.05, 0.1) is 5.56 Å². The predicted molar refractivity (Wildman–Crippen MR) is 65.0 cm³/mol. The first kappa shape index (κ1) is 11.8. The average Bonchev–Trinajstić information content (AvgIpc) is 2.66. The number of aromatic nitrogens is 1. The van der Waals surface area contributed by atoms with Crippen LogP contribution in [0.5, 0.6) is 0 Å². The third-order valence-electron chi connectivity index (χ3n) is 3.54. The lowest BCUT2D eigenvalue weighted by molar-refractivity contribution is -0.136. The van der Waals surface area contributed by atoms with Gasteiger partial charge in [0.2, 0.25) is 11.8 Å². The number of fused-ring (bicyclic) bond motifs is 1. The summed E-state index contributed by atoms with van der Waals surface area (Å²) in [4.78, 5) is 40.8. The van der Waals surface area contributed by atoms with Crippen molar-refractivity contribution in [2.75, 3.05) is 0 Å². The Morgan fingerprint density at radius 1 is 1.37 bits per heavy atom. The molecule has 0 saturated carbocycles. The summed E-state index contributed by atoms with van der Waals surface area (Å²) < 4.78 is 0. The summed E-state index contributed by atoms with van der Waals surface area (Å²) >= 11 is 0. The molecule has 0 spiro atoms. The number of rotatable bonds is 1. The van der Waals surface area contributed by atoms with Gasteiger partial charge in [-0.05, 0) is 25.0 Å². The number of piperidine rings is 1. The van der Waals surface area contributed by atoms with Crippen molar-refractivity contribution in [1.82, 2.24) is 15.2 Å². The number of nitrogens with one attached hydrogen (secondary N) is 1. The van der Waals surface area contributed by atoms with Crippen molar-refractivity contribution < 1.29 is 14.4 Å². The third-order valence-corrected chi connectivity index (χ3v) is 3.54. The Morgan fingerprint density at radius 3 is 2.89 bits per heavy atom. The van der Waals surface area contributed by atoms with Gasteiger partial charge in [0.1, 0.15) is 6.04 Å². The smallest absolute Gasteiger partial charge is 0.256 e. The van der Waals surface area contributed by atoms with E-state index in [1.807, 2.05) is 13.0 Å². The first-order valence-corrected chi connectivity index (χ1v) is 6.16. The summed E-state index contributed by atoms with van der Waals surface area (Å²) in [5, 5.41) is 2.28. The summed E-state index contributed by atoms with van der Waals surface area (Å²) in [5.41, 5.74) is 2.29. The van der Waals surface area contributed by atoms with Crippen LogP contribution in [-0.4, -0.2) is 33.6 Å². The number of hydrogen-bond donors (Lipinski definition) is 1. The van der Waals surface area contributed by atoms with Crippen LogP contribution < -0.4 is 5.32 Å². The number of carbonyl (C=O) groups excluding carboxylic acids is 3. The highest BCUT2D eigenvalue weighted by Gasteiger charge is 2.39. The van der Waals surface area contributed by atoms with Gasteiger partial charge in [-0.3, -0.25) is 24.7 Å². The van der Waals surface area contributed by atoms with Crippen molar-refractivity contribution in [1.29, 1.82) is 0 Å². The van der Waals surface area contributed by atoms with Gasteiger partial charge in [-0.1, -0.05) is 0 Å². The Morgan fingerprint density at radius 2 is 2.16 bits per heavy atom. The van der Waals surface area contributed by atoms with E-state index in [1.165, 1.54) is 4.90 Å². The molecule has 1 aromatic heterocycles. The molecular weight excluding hydrogens is 246 g/mol. The lowest BCUT2D eigenvalue weighted by Crippen LogP contribution is -2.52. The molecule has 3 heterocycles. The van der Waals surface area contributed by atoms with Gasteiger partial charge >= 0.3 is 0 Å². The summed E-state index contributed by atoms with van der Waals surface area (Å²) in [7, 11) is 0. The minimum Gasteiger partial charge on any atom is -0.322 e. The fourth-order valence-electron chi connectivity index (χ4n) is 2.58. The number of hydrogen-bond acceptors (Lipinski definition) is 4. The largest absolute Gasteiger partial charge is 0.322 e. The van der Waals surface area contributed by atoms with Crippen molar-refractivity contribution in [3.8, 4) is 0 Å². The van der Waals surface area contributed by atoms with Gasteiger partial charge in [0.15, 0.2) is 0 Å². The summed E-state index contributed by atoms with van der Waals surface area (Å²) in [5.74, 6) is -0.845. The predicted octanol–water partition coefficient (Wildman–Crippen LogP) is 0.151. The zero-order chi connectivity index (χ0) is 13.6. The maximum atomic E-state index is 12.3. The summed E-state index contributed by atoms with van der Waals surface area (Å²) in [6, 6.07) is 1.30. The van der Waals surface area contributed by atoms with Gasteiger partial charge < -0.3 is 4.90 Å². The lowest BCUT2D eigenvalue weighted by atomic mass is 10.0. The SMILES string of the molecule is Cc1cc2c(cn1)C(=O)N(C1CCC(=O)NC1=O)C2. The number of aryl methyl sites for hydroxylation is 1. The molecule has 1 N–H and O–H groups in total. The van der Waals surface area contributed by atoms with Crippen molar-refractivity contribution in [3.63, 3.8) is 0 Å². The highest BCUT2D eigenvalue weighted by molar-refractivity contribution is 6.05. The van der Waals surface area contributed by atoms with Crippen LogP contribution in [0.2, 0.25) is 0 Å². The van der Waals surface area contributed by atoms with Crippen molar-refractivity contribution >= 4 is 17.7 Å². The molecule has 1 aromatic rings. The molecule has 6 heteroatoms. The van der Waals surface area contributed by atoms with E-state index in [-0.39, 0.29) is 24.1 Å². The van der Waals surface area contributed by atoms with Crippen LogP contribution in [0, 0.1) is 6.92 Å². The van der Waals surface area contributed by atoms with E-state index in [2.05, 4.69) is 10.3 Å². The van der Waals surface area contributed by atoms with Gasteiger partial charge in [-0.2, -0.15) is 0 Å². The van der Waals surface area contributed by atoms with Crippen LogP contribution in [0.25, 0.3) is 0 Å². The molecule has 19 heavy (non-hydrogen) atoms. The molecule has 2 aliphatic rings. The third kappa shape index (κ3) is 1.89. The van der Waals surface area contributed by atoms with E-state index < -0.39 is 6.04 Å². The molecule has 1 atom stereocenters. The molecule has 3 amide bonds. The molecule has 2 aliphatic heterocycles. The normalized spacial score (nSPS) is 22.5. The van der Waals surface area contributed by atoms with Gasteiger partial charge in [-0.25, -0.2) is 0 Å². The molecule has 6 nitrogen and oxygen atoms in total. The second-order valence-electron chi connectivity index (χ2n) is 4.88. The Labute approximate surface area is 109 Å². The molecule has 0 aromatic carbocycles. The quantitative estimate of drug-likeness (QED) is 0.728. The number of pyridine rings is 1. The Balaban J connectivity index is 1.87. The standard InChI is InChI=1S/C13H13N3O3/c1-7-4-8-6-16(13(19)9(8)5-14-7)10-2-3-11(17)15-12(10)18/h4-5,10H,2-3,6H2,1H3,(H,15,17,18).